The average Bonchev–Trinajstić information content (AvgIpc) is 2.85. The number of carbonyl (C=O) groups is 2. The van der Waals surface area contributed by atoms with Crippen molar-refractivity contribution in [1.29, 1.82) is 0 Å². The van der Waals surface area contributed by atoms with Crippen LogP contribution in [0.4, 0.5) is 5.82 Å². The number of furan rings is 1. The van der Waals surface area contributed by atoms with Gasteiger partial charge in [-0.2, -0.15) is 0 Å². The van der Waals surface area contributed by atoms with Crippen LogP contribution < -0.4 is 5.32 Å². The van der Waals surface area contributed by atoms with Gasteiger partial charge in [-0.3, -0.25) is 4.79 Å². The molecule has 6 nitrogen and oxygen atoms in total. The summed E-state index contributed by atoms with van der Waals surface area (Å²) in [6.07, 6.45) is 2.70. The summed E-state index contributed by atoms with van der Waals surface area (Å²) in [5.41, 5.74) is 0.269. The Kier molecular flexibility index (Phi) is 4.82. The highest BCUT2D eigenvalue weighted by molar-refractivity contribution is 6.36. The molecule has 1 amide bonds. The minimum absolute atomic E-state index is 0.140. The van der Waals surface area contributed by atoms with Gasteiger partial charge in [0.2, 0.25) is 0 Å². The van der Waals surface area contributed by atoms with Gasteiger partial charge in [0, 0.05) is 6.20 Å². The molecule has 0 unspecified atom stereocenters. The lowest BCUT2D eigenvalue weighted by atomic mass is 10.3. The lowest BCUT2D eigenvalue weighted by Gasteiger charge is -2.07. The standard InChI is InChI=1S/C13H10Cl2N2O4/c1-7-9(2-3-20-7)13(19)21-6-11(18)17-12-10(15)4-8(14)5-16-12/h2-5H,6H2,1H3,(H,16,17,18). The highest BCUT2D eigenvalue weighted by Gasteiger charge is 2.15. The summed E-state index contributed by atoms with van der Waals surface area (Å²) in [6.45, 7) is 1.15. The van der Waals surface area contributed by atoms with Crippen LogP contribution in [-0.4, -0.2) is 23.5 Å². The third-order valence-electron chi connectivity index (χ3n) is 2.48. The number of aromatic nitrogens is 1. The van der Waals surface area contributed by atoms with Crippen molar-refractivity contribution in [3.8, 4) is 0 Å². The number of anilines is 1. The molecule has 2 aromatic rings. The van der Waals surface area contributed by atoms with E-state index < -0.39 is 18.5 Å². The Hall–Kier alpha value is -2.05. The van der Waals surface area contributed by atoms with Gasteiger partial charge in [0.15, 0.2) is 12.4 Å². The van der Waals surface area contributed by atoms with Crippen molar-refractivity contribution in [2.24, 2.45) is 0 Å². The summed E-state index contributed by atoms with van der Waals surface area (Å²) in [4.78, 5) is 27.2. The molecule has 110 valence electrons. The summed E-state index contributed by atoms with van der Waals surface area (Å²) >= 11 is 11.5. The largest absolute Gasteiger partial charge is 0.469 e. The van der Waals surface area contributed by atoms with Gasteiger partial charge in [-0.1, -0.05) is 23.2 Å². The highest BCUT2D eigenvalue weighted by Crippen LogP contribution is 2.22. The number of amides is 1. The van der Waals surface area contributed by atoms with Crippen LogP contribution in [0.2, 0.25) is 10.0 Å². The first-order valence-corrected chi connectivity index (χ1v) is 6.55. The molecule has 0 atom stereocenters. The molecule has 0 spiro atoms. The number of pyridine rings is 1. The van der Waals surface area contributed by atoms with E-state index in [0.29, 0.717) is 10.8 Å². The molecule has 21 heavy (non-hydrogen) atoms. The van der Waals surface area contributed by atoms with E-state index in [1.54, 1.807) is 6.92 Å². The fourth-order valence-corrected chi connectivity index (χ4v) is 1.91. The maximum absolute atomic E-state index is 11.7. The maximum Gasteiger partial charge on any atom is 0.342 e. The zero-order valence-corrected chi connectivity index (χ0v) is 12.4. The van der Waals surface area contributed by atoms with Crippen molar-refractivity contribution in [2.45, 2.75) is 6.92 Å². The van der Waals surface area contributed by atoms with Crippen molar-refractivity contribution >= 4 is 40.9 Å². The van der Waals surface area contributed by atoms with E-state index in [-0.39, 0.29) is 16.4 Å². The zero-order valence-electron chi connectivity index (χ0n) is 10.9. The fraction of sp³-hybridized carbons (Fsp3) is 0.154. The fourth-order valence-electron chi connectivity index (χ4n) is 1.48. The molecule has 1 N–H and O–H groups in total. The Labute approximate surface area is 130 Å². The van der Waals surface area contributed by atoms with Gasteiger partial charge in [-0.25, -0.2) is 9.78 Å². The van der Waals surface area contributed by atoms with Gasteiger partial charge < -0.3 is 14.5 Å². The quantitative estimate of drug-likeness (QED) is 0.872. The van der Waals surface area contributed by atoms with Crippen LogP contribution >= 0.6 is 23.2 Å². The normalized spacial score (nSPS) is 10.2. The third kappa shape index (κ3) is 3.96. The number of halogens is 2. The molecule has 0 aromatic carbocycles. The van der Waals surface area contributed by atoms with Gasteiger partial charge in [-0.05, 0) is 19.1 Å². The van der Waals surface area contributed by atoms with Crippen LogP contribution in [0.1, 0.15) is 16.1 Å². The van der Waals surface area contributed by atoms with Gasteiger partial charge in [0.05, 0.1) is 16.3 Å². The summed E-state index contributed by atoms with van der Waals surface area (Å²) in [5, 5.41) is 2.95. The lowest BCUT2D eigenvalue weighted by molar-refractivity contribution is -0.119. The van der Waals surface area contributed by atoms with Crippen molar-refractivity contribution in [1.82, 2.24) is 4.98 Å². The molecule has 0 saturated carbocycles. The lowest BCUT2D eigenvalue weighted by Crippen LogP contribution is -2.21. The van der Waals surface area contributed by atoms with Gasteiger partial charge in [-0.15, -0.1) is 0 Å². The van der Waals surface area contributed by atoms with E-state index >= 15 is 0 Å². The first-order valence-electron chi connectivity index (χ1n) is 5.79. The maximum atomic E-state index is 11.7. The number of hydrogen-bond acceptors (Lipinski definition) is 5. The zero-order chi connectivity index (χ0) is 15.4. The number of aryl methyl sites for hydroxylation is 1. The average molecular weight is 329 g/mol. The van der Waals surface area contributed by atoms with Crippen molar-refractivity contribution in [3.05, 3.63) is 46.0 Å². The molecule has 2 heterocycles. The van der Waals surface area contributed by atoms with Crippen LogP contribution in [0.25, 0.3) is 0 Å². The van der Waals surface area contributed by atoms with Crippen LogP contribution in [0.5, 0.6) is 0 Å². The summed E-state index contributed by atoms with van der Waals surface area (Å²) < 4.78 is 9.83. The molecule has 0 saturated heterocycles. The molecular weight excluding hydrogens is 319 g/mol. The van der Waals surface area contributed by atoms with E-state index in [2.05, 4.69) is 10.3 Å². The van der Waals surface area contributed by atoms with Crippen LogP contribution in [0.15, 0.2) is 29.0 Å². The Morgan fingerprint density at radius 2 is 2.19 bits per heavy atom. The molecule has 2 aromatic heterocycles. The predicted octanol–water partition coefficient (Wildman–Crippen LogP) is 3.09. The van der Waals surface area contributed by atoms with Crippen molar-refractivity contribution in [3.63, 3.8) is 0 Å². The minimum atomic E-state index is -0.647. The third-order valence-corrected chi connectivity index (χ3v) is 2.97. The van der Waals surface area contributed by atoms with E-state index in [1.807, 2.05) is 0 Å². The second-order valence-corrected chi connectivity index (χ2v) is 4.84. The van der Waals surface area contributed by atoms with Crippen LogP contribution in [0, 0.1) is 6.92 Å². The predicted molar refractivity (Wildman–Crippen MR) is 76.6 cm³/mol. The molecule has 2 rings (SSSR count). The Bertz CT molecular complexity index is 685. The molecule has 0 radical (unpaired) electrons. The van der Waals surface area contributed by atoms with E-state index in [4.69, 9.17) is 32.4 Å². The summed E-state index contributed by atoms with van der Waals surface area (Å²) in [5.74, 6) is -0.655. The number of nitrogens with one attached hydrogen (secondary N) is 1. The Morgan fingerprint density at radius 3 is 2.81 bits per heavy atom. The first-order chi connectivity index (χ1) is 9.97. The Morgan fingerprint density at radius 1 is 1.43 bits per heavy atom. The van der Waals surface area contributed by atoms with Crippen LogP contribution in [0.3, 0.4) is 0 Å². The summed E-state index contributed by atoms with van der Waals surface area (Å²) in [6, 6.07) is 2.90. The van der Waals surface area contributed by atoms with Gasteiger partial charge in [0.25, 0.3) is 5.91 Å². The molecular formula is C13H10Cl2N2O4. The van der Waals surface area contributed by atoms with Gasteiger partial charge >= 0.3 is 5.97 Å². The molecule has 0 aliphatic heterocycles. The number of esters is 1. The highest BCUT2D eigenvalue weighted by atomic mass is 35.5. The number of rotatable bonds is 4. The van der Waals surface area contributed by atoms with Crippen molar-refractivity contribution < 1.29 is 18.7 Å². The van der Waals surface area contributed by atoms with Gasteiger partial charge in [0.1, 0.15) is 11.3 Å². The molecule has 8 heteroatoms. The molecule has 0 fully saturated rings. The second kappa shape index (κ2) is 6.60. The minimum Gasteiger partial charge on any atom is -0.469 e. The first kappa shape index (κ1) is 15.3. The number of hydrogen-bond donors (Lipinski definition) is 1. The topological polar surface area (TPSA) is 81.4 Å². The number of ether oxygens (including phenoxy) is 1. The van der Waals surface area contributed by atoms with Crippen molar-refractivity contribution in [2.75, 3.05) is 11.9 Å². The summed E-state index contributed by atoms with van der Waals surface area (Å²) in [7, 11) is 0. The molecule has 0 bridgehead atoms. The second-order valence-electron chi connectivity index (χ2n) is 4.00. The molecule has 0 aliphatic rings. The smallest absolute Gasteiger partial charge is 0.342 e. The Balaban J connectivity index is 1.90. The van der Waals surface area contributed by atoms with E-state index in [1.165, 1.54) is 24.6 Å². The van der Waals surface area contributed by atoms with Crippen LogP contribution in [-0.2, 0) is 9.53 Å². The monoisotopic (exact) mass is 328 g/mol. The van der Waals surface area contributed by atoms with E-state index in [0.717, 1.165) is 0 Å². The number of nitrogens with zero attached hydrogens (tertiary/aromatic N) is 1. The van der Waals surface area contributed by atoms with E-state index in [9.17, 15) is 9.59 Å². The SMILES string of the molecule is Cc1occc1C(=O)OCC(=O)Nc1ncc(Cl)cc1Cl. The number of carbonyl (C=O) groups excluding carboxylic acids is 2. The molecule has 0 aliphatic carbocycles.